The molecule has 114 valence electrons. The van der Waals surface area contributed by atoms with Crippen LogP contribution in [-0.2, 0) is 0 Å². The van der Waals surface area contributed by atoms with Gasteiger partial charge in [-0.1, -0.05) is 25.1 Å². The smallest absolute Gasteiger partial charge is 0.206 e. The van der Waals surface area contributed by atoms with E-state index in [9.17, 15) is 8.78 Å². The second-order valence-electron chi connectivity index (χ2n) is 4.90. The topological polar surface area (TPSA) is 24.4 Å². The monoisotopic (exact) mass is 338 g/mol. The largest absolute Gasteiger partial charge is 0.300 e. The van der Waals surface area contributed by atoms with Gasteiger partial charge in [-0.3, -0.25) is 0 Å². The first kappa shape index (κ1) is 15.3. The van der Waals surface area contributed by atoms with Gasteiger partial charge in [0.2, 0.25) is 5.29 Å². The fraction of sp³-hybridized carbons (Fsp3) is 0.188. The normalized spacial score (nSPS) is 14.8. The summed E-state index contributed by atoms with van der Waals surface area (Å²) in [4.78, 5) is 4.99. The lowest BCUT2D eigenvalue weighted by molar-refractivity contribution is 0.565. The fourth-order valence-corrected chi connectivity index (χ4v) is 3.48. The Labute approximate surface area is 136 Å². The van der Waals surface area contributed by atoms with E-state index in [0.717, 1.165) is 4.90 Å². The molecule has 1 heterocycles. The molecule has 1 unspecified atom stereocenters. The van der Waals surface area contributed by atoms with E-state index in [-0.39, 0.29) is 11.1 Å². The average molecular weight is 339 g/mol. The van der Waals surface area contributed by atoms with Crippen LogP contribution in [-0.4, -0.2) is 5.29 Å². The predicted octanol–water partition coefficient (Wildman–Crippen LogP) is 5.34. The Hall–Kier alpha value is -1.59. The molecule has 0 spiro atoms. The molecule has 1 aliphatic rings. The molecule has 3 rings (SSSR count). The quantitative estimate of drug-likeness (QED) is 0.603. The second-order valence-corrected chi connectivity index (χ2v) is 6.10. The van der Waals surface area contributed by atoms with Gasteiger partial charge in [0.1, 0.15) is 11.6 Å². The Kier molecular flexibility index (Phi) is 4.36. The van der Waals surface area contributed by atoms with Crippen molar-refractivity contribution in [1.82, 2.24) is 4.72 Å². The maximum atomic E-state index is 14.5. The zero-order valence-corrected chi connectivity index (χ0v) is 13.3. The van der Waals surface area contributed by atoms with Crippen LogP contribution in [0.25, 0.3) is 0 Å². The maximum Gasteiger partial charge on any atom is 0.206 e. The Bertz CT molecular complexity index is 749. The summed E-state index contributed by atoms with van der Waals surface area (Å²) in [6.45, 7) is 1.90. The van der Waals surface area contributed by atoms with Crippen molar-refractivity contribution in [2.24, 2.45) is 4.99 Å². The first-order valence-corrected chi connectivity index (χ1v) is 8.05. The second kappa shape index (κ2) is 6.26. The van der Waals surface area contributed by atoms with Crippen molar-refractivity contribution in [2.75, 3.05) is 0 Å². The number of amidine groups is 1. The van der Waals surface area contributed by atoms with Gasteiger partial charge in [0.25, 0.3) is 0 Å². The number of fused-ring (bicyclic) bond motifs is 1. The molecule has 0 bridgehead atoms. The fourth-order valence-electron chi connectivity index (χ4n) is 2.65. The van der Waals surface area contributed by atoms with Crippen molar-refractivity contribution in [2.45, 2.75) is 24.2 Å². The van der Waals surface area contributed by atoms with Gasteiger partial charge in [-0.25, -0.2) is 13.8 Å². The van der Waals surface area contributed by atoms with E-state index in [0.29, 0.717) is 23.2 Å². The molecule has 0 aromatic heterocycles. The molecule has 0 radical (unpaired) electrons. The van der Waals surface area contributed by atoms with Gasteiger partial charge in [0.15, 0.2) is 0 Å². The number of aliphatic imine (C=N–C) groups is 1. The van der Waals surface area contributed by atoms with Crippen LogP contribution < -0.4 is 4.72 Å². The van der Waals surface area contributed by atoms with Gasteiger partial charge in [-0.05, 0) is 53.7 Å². The molecule has 6 heteroatoms. The highest BCUT2D eigenvalue weighted by molar-refractivity contribution is 7.98. The Morgan fingerprint density at radius 1 is 1.18 bits per heavy atom. The lowest BCUT2D eigenvalue weighted by atomic mass is 9.87. The standard InChI is InChI=1S/C16H13ClF2N2S/c1-2-9(10-5-3-4-6-11(10)18)14-12(19)7-8-13-15(14)20-16(17)21-22-13/h3-9H,2H2,1H3,(H,20,21). The molecule has 0 aliphatic carbocycles. The summed E-state index contributed by atoms with van der Waals surface area (Å²) < 4.78 is 31.5. The average Bonchev–Trinajstić information content (AvgIpc) is 2.51. The summed E-state index contributed by atoms with van der Waals surface area (Å²) in [5.74, 6) is -1.16. The van der Waals surface area contributed by atoms with Crippen molar-refractivity contribution in [3.63, 3.8) is 0 Å². The van der Waals surface area contributed by atoms with Crippen LogP contribution >= 0.6 is 23.5 Å². The van der Waals surface area contributed by atoms with Crippen molar-refractivity contribution in [3.05, 3.63) is 59.2 Å². The SMILES string of the molecule is CCC(c1ccccc1F)c1c(F)ccc2c1N=C(Cl)NS2. The van der Waals surface area contributed by atoms with Gasteiger partial charge in [0.05, 0.1) is 10.6 Å². The molecule has 1 atom stereocenters. The summed E-state index contributed by atoms with van der Waals surface area (Å²) in [7, 11) is 0. The molecule has 1 aliphatic heterocycles. The van der Waals surface area contributed by atoms with E-state index >= 15 is 0 Å². The highest BCUT2D eigenvalue weighted by atomic mass is 35.5. The van der Waals surface area contributed by atoms with E-state index < -0.39 is 11.7 Å². The molecule has 1 N–H and O–H groups in total. The number of rotatable bonds is 3. The van der Waals surface area contributed by atoms with Gasteiger partial charge >= 0.3 is 0 Å². The molecule has 0 saturated carbocycles. The van der Waals surface area contributed by atoms with Gasteiger partial charge in [-0.2, -0.15) is 0 Å². The van der Waals surface area contributed by atoms with E-state index in [1.165, 1.54) is 24.1 Å². The number of hydrogen-bond donors (Lipinski definition) is 1. The van der Waals surface area contributed by atoms with Crippen LogP contribution in [0.15, 0.2) is 46.3 Å². The molecule has 2 aromatic rings. The number of nitrogens with zero attached hydrogens (tertiary/aromatic N) is 1. The van der Waals surface area contributed by atoms with Crippen LogP contribution in [0.2, 0.25) is 0 Å². The van der Waals surface area contributed by atoms with Crippen molar-refractivity contribution in [3.8, 4) is 0 Å². The van der Waals surface area contributed by atoms with E-state index in [1.54, 1.807) is 24.3 Å². The van der Waals surface area contributed by atoms with E-state index in [1.807, 2.05) is 6.92 Å². The minimum absolute atomic E-state index is 0.188. The zero-order chi connectivity index (χ0) is 15.7. The highest BCUT2D eigenvalue weighted by Gasteiger charge is 2.26. The molecule has 0 saturated heterocycles. The lowest BCUT2D eigenvalue weighted by Gasteiger charge is -2.23. The van der Waals surface area contributed by atoms with Gasteiger partial charge < -0.3 is 4.72 Å². The minimum Gasteiger partial charge on any atom is -0.300 e. The molecule has 22 heavy (non-hydrogen) atoms. The third-order valence-corrected chi connectivity index (χ3v) is 4.76. The number of hydrogen-bond acceptors (Lipinski definition) is 3. The Morgan fingerprint density at radius 3 is 2.68 bits per heavy atom. The molecule has 2 aromatic carbocycles. The van der Waals surface area contributed by atoms with Crippen molar-refractivity contribution < 1.29 is 8.78 Å². The molecular formula is C16H13ClF2N2S. The van der Waals surface area contributed by atoms with Crippen LogP contribution in [0, 0.1) is 11.6 Å². The zero-order valence-electron chi connectivity index (χ0n) is 11.7. The molecule has 0 amide bonds. The van der Waals surface area contributed by atoms with Gasteiger partial charge in [0, 0.05) is 11.5 Å². The van der Waals surface area contributed by atoms with Crippen LogP contribution in [0.5, 0.6) is 0 Å². The summed E-state index contributed by atoms with van der Waals surface area (Å²) >= 11 is 7.19. The van der Waals surface area contributed by atoms with Gasteiger partial charge in [-0.15, -0.1) is 0 Å². The molecular weight excluding hydrogens is 326 g/mol. The molecule has 0 fully saturated rings. The summed E-state index contributed by atoms with van der Waals surface area (Å²) in [6, 6.07) is 9.48. The summed E-state index contributed by atoms with van der Waals surface area (Å²) in [5, 5.41) is 0.188. The molecule has 2 nitrogen and oxygen atoms in total. The predicted molar refractivity (Wildman–Crippen MR) is 86.9 cm³/mol. The highest BCUT2D eigenvalue weighted by Crippen LogP contribution is 2.43. The Balaban J connectivity index is 2.21. The third kappa shape index (κ3) is 2.71. The Morgan fingerprint density at radius 2 is 1.95 bits per heavy atom. The van der Waals surface area contributed by atoms with E-state index in [2.05, 4.69) is 9.71 Å². The summed E-state index contributed by atoms with van der Waals surface area (Å²) in [6.07, 6.45) is 0.555. The lowest BCUT2D eigenvalue weighted by Crippen LogP contribution is -2.14. The first-order chi connectivity index (χ1) is 10.6. The van der Waals surface area contributed by atoms with Crippen molar-refractivity contribution >= 4 is 34.5 Å². The van der Waals surface area contributed by atoms with Crippen LogP contribution in [0.4, 0.5) is 14.5 Å². The van der Waals surface area contributed by atoms with Crippen molar-refractivity contribution in [1.29, 1.82) is 0 Å². The number of benzene rings is 2. The third-order valence-electron chi connectivity index (χ3n) is 3.62. The first-order valence-electron chi connectivity index (χ1n) is 6.85. The van der Waals surface area contributed by atoms with Crippen LogP contribution in [0.1, 0.15) is 30.4 Å². The number of nitrogens with one attached hydrogen (secondary N) is 1. The minimum atomic E-state index is -0.414. The van der Waals surface area contributed by atoms with Crippen LogP contribution in [0.3, 0.4) is 0 Å². The maximum absolute atomic E-state index is 14.5. The summed E-state index contributed by atoms with van der Waals surface area (Å²) in [5.41, 5.74) is 1.33. The number of halogens is 3. The van der Waals surface area contributed by atoms with E-state index in [4.69, 9.17) is 11.6 Å².